The molecule has 2 aliphatic rings. The Balaban J connectivity index is 1.66. The van der Waals surface area contributed by atoms with Crippen LogP contribution in [0, 0.1) is 0 Å². The second-order valence-corrected chi connectivity index (χ2v) is 5.25. The lowest BCUT2D eigenvalue weighted by Crippen LogP contribution is -2.54. The fraction of sp³-hybridized carbons (Fsp3) is 0.462. The zero-order valence-corrected chi connectivity index (χ0v) is 11.4. The first-order valence-corrected chi connectivity index (χ1v) is 6.79. The van der Waals surface area contributed by atoms with Crippen LogP contribution in [0.15, 0.2) is 18.2 Å². The van der Waals surface area contributed by atoms with Gasteiger partial charge >= 0.3 is 0 Å². The van der Waals surface area contributed by atoms with Crippen molar-refractivity contribution in [3.8, 4) is 11.5 Å². The van der Waals surface area contributed by atoms with Crippen LogP contribution < -0.4 is 20.5 Å². The van der Waals surface area contributed by atoms with E-state index in [-0.39, 0.29) is 0 Å². The van der Waals surface area contributed by atoms with Crippen molar-refractivity contribution in [2.24, 2.45) is 5.73 Å². The molecule has 1 atom stereocenters. The molecular weight excluding hydrogens is 262 g/mol. The Kier molecular flexibility index (Phi) is 3.44. The van der Waals surface area contributed by atoms with Crippen LogP contribution in [0.2, 0.25) is 0 Å². The van der Waals surface area contributed by atoms with Crippen LogP contribution in [0.5, 0.6) is 11.5 Å². The highest BCUT2D eigenvalue weighted by atomic mass is 32.1. The molecule has 1 saturated heterocycles. The van der Waals surface area contributed by atoms with Crippen molar-refractivity contribution in [2.45, 2.75) is 12.5 Å². The van der Waals surface area contributed by atoms with Gasteiger partial charge < -0.3 is 25.4 Å². The maximum atomic E-state index is 5.69. The van der Waals surface area contributed by atoms with Crippen LogP contribution in [-0.2, 0) is 6.42 Å². The van der Waals surface area contributed by atoms with E-state index in [4.69, 9.17) is 27.4 Å². The number of piperazine rings is 1. The van der Waals surface area contributed by atoms with Crippen LogP contribution in [-0.4, -0.2) is 42.5 Å². The average molecular weight is 279 g/mol. The smallest absolute Gasteiger partial charge is 0.231 e. The molecule has 1 fully saturated rings. The summed E-state index contributed by atoms with van der Waals surface area (Å²) in [4.78, 5) is 2.05. The third kappa shape index (κ3) is 2.74. The van der Waals surface area contributed by atoms with E-state index in [1.54, 1.807) is 0 Å². The molecule has 6 heteroatoms. The van der Waals surface area contributed by atoms with Crippen molar-refractivity contribution in [3.05, 3.63) is 23.8 Å². The zero-order chi connectivity index (χ0) is 13.2. The highest BCUT2D eigenvalue weighted by Crippen LogP contribution is 2.32. The number of benzene rings is 1. The van der Waals surface area contributed by atoms with Gasteiger partial charge in [0.25, 0.3) is 0 Å². The predicted molar refractivity (Wildman–Crippen MR) is 76.4 cm³/mol. The van der Waals surface area contributed by atoms with Crippen molar-refractivity contribution >= 4 is 17.3 Å². The number of nitrogens with two attached hydrogens (primary N) is 1. The number of rotatable bonds is 2. The summed E-state index contributed by atoms with van der Waals surface area (Å²) < 4.78 is 10.7. The number of hydrogen-bond donors (Lipinski definition) is 2. The Morgan fingerprint density at radius 3 is 3.11 bits per heavy atom. The zero-order valence-electron chi connectivity index (χ0n) is 10.6. The van der Waals surface area contributed by atoms with Gasteiger partial charge in [0.1, 0.15) is 0 Å². The minimum Gasteiger partial charge on any atom is -0.454 e. The number of ether oxygens (including phenoxy) is 2. The van der Waals surface area contributed by atoms with Gasteiger partial charge in [-0.25, -0.2) is 0 Å². The third-order valence-electron chi connectivity index (χ3n) is 3.49. The van der Waals surface area contributed by atoms with Crippen molar-refractivity contribution in [2.75, 3.05) is 26.4 Å². The molecular formula is C13H17N3O2S. The van der Waals surface area contributed by atoms with Gasteiger partial charge in [-0.2, -0.15) is 0 Å². The lowest BCUT2D eigenvalue weighted by molar-refractivity contribution is 0.174. The highest BCUT2D eigenvalue weighted by molar-refractivity contribution is 7.80. The Morgan fingerprint density at radius 1 is 1.42 bits per heavy atom. The molecule has 3 rings (SSSR count). The summed E-state index contributed by atoms with van der Waals surface area (Å²) in [5, 5.41) is 3.97. The normalized spacial score (nSPS) is 21.5. The molecule has 19 heavy (non-hydrogen) atoms. The summed E-state index contributed by atoms with van der Waals surface area (Å²) in [6.45, 7) is 2.96. The number of hydrogen-bond acceptors (Lipinski definition) is 4. The fourth-order valence-electron chi connectivity index (χ4n) is 2.51. The summed E-state index contributed by atoms with van der Waals surface area (Å²) in [5.74, 6) is 1.66. The quantitative estimate of drug-likeness (QED) is 0.768. The van der Waals surface area contributed by atoms with Crippen molar-refractivity contribution in [1.82, 2.24) is 10.2 Å². The van der Waals surface area contributed by atoms with Crippen LogP contribution in [0.3, 0.4) is 0 Å². The minimum atomic E-state index is 0.315. The second kappa shape index (κ2) is 5.22. The molecule has 0 aliphatic carbocycles. The van der Waals surface area contributed by atoms with Crippen LogP contribution >= 0.6 is 12.2 Å². The monoisotopic (exact) mass is 279 g/mol. The van der Waals surface area contributed by atoms with E-state index in [1.165, 1.54) is 5.56 Å². The van der Waals surface area contributed by atoms with Crippen LogP contribution in [0.25, 0.3) is 0 Å². The molecule has 5 nitrogen and oxygen atoms in total. The summed E-state index contributed by atoms with van der Waals surface area (Å²) in [5.41, 5.74) is 6.92. The largest absolute Gasteiger partial charge is 0.454 e. The van der Waals surface area contributed by atoms with Crippen molar-refractivity contribution < 1.29 is 9.47 Å². The first-order valence-electron chi connectivity index (χ1n) is 6.38. The Morgan fingerprint density at radius 2 is 2.26 bits per heavy atom. The lowest BCUT2D eigenvalue weighted by atomic mass is 10.0. The standard InChI is InChI=1S/C13H17N3O2S/c14-13(19)16-4-3-15-10(7-16)5-9-1-2-11-12(6-9)18-8-17-11/h1-2,6,10,15H,3-5,7-8H2,(H2,14,19). The number of nitrogens with one attached hydrogen (secondary N) is 1. The Hall–Kier alpha value is -1.53. The lowest BCUT2D eigenvalue weighted by Gasteiger charge is -2.34. The molecule has 1 unspecified atom stereocenters. The summed E-state index contributed by atoms with van der Waals surface area (Å²) >= 11 is 5.04. The van der Waals surface area contributed by atoms with Crippen molar-refractivity contribution in [1.29, 1.82) is 0 Å². The molecule has 0 aromatic heterocycles. The molecule has 2 heterocycles. The van der Waals surface area contributed by atoms with E-state index in [0.29, 0.717) is 17.9 Å². The van der Waals surface area contributed by atoms with Gasteiger partial charge in [0.05, 0.1) is 0 Å². The molecule has 0 saturated carbocycles. The van der Waals surface area contributed by atoms with E-state index < -0.39 is 0 Å². The highest BCUT2D eigenvalue weighted by Gasteiger charge is 2.21. The topological polar surface area (TPSA) is 59.8 Å². The van der Waals surface area contributed by atoms with E-state index in [1.807, 2.05) is 17.0 Å². The van der Waals surface area contributed by atoms with E-state index >= 15 is 0 Å². The molecule has 3 N–H and O–H groups in total. The summed E-state index contributed by atoms with van der Waals surface area (Å²) in [7, 11) is 0. The van der Waals surface area contributed by atoms with Crippen LogP contribution in [0.1, 0.15) is 5.56 Å². The van der Waals surface area contributed by atoms with Gasteiger partial charge in [0.2, 0.25) is 6.79 Å². The van der Waals surface area contributed by atoms with Gasteiger partial charge in [0, 0.05) is 25.7 Å². The first-order chi connectivity index (χ1) is 9.22. The molecule has 1 aromatic carbocycles. The fourth-order valence-corrected chi connectivity index (χ4v) is 2.68. The van der Waals surface area contributed by atoms with Gasteiger partial charge in [-0.1, -0.05) is 6.07 Å². The average Bonchev–Trinajstić information content (AvgIpc) is 2.86. The number of nitrogens with zero attached hydrogens (tertiary/aromatic N) is 1. The maximum Gasteiger partial charge on any atom is 0.231 e. The first kappa shape index (κ1) is 12.5. The predicted octanol–water partition coefficient (Wildman–Crippen LogP) is 0.475. The van der Waals surface area contributed by atoms with Crippen LogP contribution in [0.4, 0.5) is 0 Å². The number of thiocarbonyl (C=S) groups is 1. The number of fused-ring (bicyclic) bond motifs is 1. The molecule has 1 aromatic rings. The van der Waals surface area contributed by atoms with Gasteiger partial charge in [0.15, 0.2) is 16.6 Å². The summed E-state index contributed by atoms with van der Waals surface area (Å²) in [6, 6.07) is 6.44. The Bertz CT molecular complexity index is 495. The van der Waals surface area contributed by atoms with Gasteiger partial charge in [-0.15, -0.1) is 0 Å². The van der Waals surface area contributed by atoms with E-state index in [0.717, 1.165) is 37.6 Å². The van der Waals surface area contributed by atoms with Gasteiger partial charge in [-0.3, -0.25) is 0 Å². The second-order valence-electron chi connectivity index (χ2n) is 4.83. The van der Waals surface area contributed by atoms with Gasteiger partial charge in [-0.05, 0) is 36.3 Å². The van der Waals surface area contributed by atoms with E-state index in [2.05, 4.69) is 11.4 Å². The molecule has 0 bridgehead atoms. The summed E-state index contributed by atoms with van der Waals surface area (Å²) in [6.07, 6.45) is 0.926. The molecule has 0 radical (unpaired) electrons. The van der Waals surface area contributed by atoms with E-state index in [9.17, 15) is 0 Å². The molecule has 102 valence electrons. The minimum absolute atomic E-state index is 0.315. The van der Waals surface area contributed by atoms with Crippen molar-refractivity contribution in [3.63, 3.8) is 0 Å². The molecule has 0 spiro atoms. The molecule has 0 amide bonds. The third-order valence-corrected chi connectivity index (χ3v) is 3.74. The molecule has 2 aliphatic heterocycles. The maximum absolute atomic E-state index is 5.69. The SMILES string of the molecule is NC(=S)N1CCNC(Cc2ccc3c(c2)OCO3)C1. The Labute approximate surface area is 117 Å².